The molecular formula is C26H24O7. The van der Waals surface area contributed by atoms with Crippen molar-refractivity contribution in [1.29, 1.82) is 0 Å². The second kappa shape index (κ2) is 9.70. The third-order valence-corrected chi connectivity index (χ3v) is 5.66. The Bertz CT molecular complexity index is 1110. The van der Waals surface area contributed by atoms with Crippen LogP contribution in [-0.4, -0.2) is 64.4 Å². The number of ketones is 2. The summed E-state index contributed by atoms with van der Waals surface area (Å²) in [6.45, 7) is 3.46. The number of ether oxygens (including phenoxy) is 5. The number of hydrogen-bond donors (Lipinski definition) is 0. The van der Waals surface area contributed by atoms with E-state index in [4.69, 9.17) is 23.7 Å². The maximum Gasteiger partial charge on any atom is 0.194 e. The number of carbonyl (C=O) groups excluding carboxylic acids is 2. The average Bonchev–Trinajstić information content (AvgIpc) is 2.85. The molecule has 0 amide bonds. The molecule has 0 saturated heterocycles. The lowest BCUT2D eigenvalue weighted by molar-refractivity contribution is 0.00708. The molecule has 0 spiro atoms. The Labute approximate surface area is 191 Å². The summed E-state index contributed by atoms with van der Waals surface area (Å²) in [5, 5.41) is 1.58. The van der Waals surface area contributed by atoms with Crippen LogP contribution in [0.15, 0.2) is 48.5 Å². The Kier molecular flexibility index (Phi) is 6.35. The minimum absolute atomic E-state index is 0.150. The van der Waals surface area contributed by atoms with Gasteiger partial charge in [0.1, 0.15) is 13.2 Å². The number of rotatable bonds is 0. The van der Waals surface area contributed by atoms with Gasteiger partial charge in [-0.25, -0.2) is 0 Å². The summed E-state index contributed by atoms with van der Waals surface area (Å²) < 4.78 is 28.4. The molecule has 33 heavy (non-hydrogen) atoms. The zero-order valence-corrected chi connectivity index (χ0v) is 18.1. The van der Waals surface area contributed by atoms with Gasteiger partial charge in [0.15, 0.2) is 23.1 Å². The summed E-state index contributed by atoms with van der Waals surface area (Å²) in [5.41, 5.74) is 1.68. The van der Waals surface area contributed by atoms with Crippen molar-refractivity contribution in [3.05, 3.63) is 70.8 Å². The Morgan fingerprint density at radius 1 is 0.485 bits per heavy atom. The first kappa shape index (κ1) is 21.6. The van der Waals surface area contributed by atoms with E-state index in [0.29, 0.717) is 86.6 Å². The molecule has 5 rings (SSSR count). The van der Waals surface area contributed by atoms with Crippen LogP contribution >= 0.6 is 0 Å². The van der Waals surface area contributed by atoms with E-state index in [-0.39, 0.29) is 11.6 Å². The van der Waals surface area contributed by atoms with Crippen LogP contribution in [0.1, 0.15) is 31.8 Å². The van der Waals surface area contributed by atoms with Crippen LogP contribution in [0.2, 0.25) is 0 Å². The zero-order valence-electron chi connectivity index (χ0n) is 18.1. The Balaban J connectivity index is 1.50. The summed E-state index contributed by atoms with van der Waals surface area (Å²) in [7, 11) is 0. The Morgan fingerprint density at radius 3 is 1.30 bits per heavy atom. The zero-order chi connectivity index (χ0) is 22.6. The van der Waals surface area contributed by atoms with E-state index < -0.39 is 0 Å². The number of fused-ring (bicyclic) bond motifs is 4. The van der Waals surface area contributed by atoms with Gasteiger partial charge in [0, 0.05) is 22.3 Å². The fourth-order valence-corrected chi connectivity index (χ4v) is 4.04. The lowest BCUT2D eigenvalue weighted by Crippen LogP contribution is -2.20. The number of benzene rings is 3. The lowest BCUT2D eigenvalue weighted by Gasteiger charge is -2.19. The van der Waals surface area contributed by atoms with Crippen molar-refractivity contribution < 1.29 is 33.3 Å². The van der Waals surface area contributed by atoms with Crippen molar-refractivity contribution in [3.63, 3.8) is 0 Å². The van der Waals surface area contributed by atoms with Crippen molar-refractivity contribution in [2.45, 2.75) is 0 Å². The molecule has 0 atom stereocenters. The second-order valence-electron chi connectivity index (χ2n) is 7.78. The van der Waals surface area contributed by atoms with Gasteiger partial charge in [-0.2, -0.15) is 0 Å². The fraction of sp³-hybridized carbons (Fsp3) is 0.308. The summed E-state index contributed by atoms with van der Waals surface area (Å²) >= 11 is 0. The quantitative estimate of drug-likeness (QED) is 0.408. The monoisotopic (exact) mass is 448 g/mol. The molecule has 0 fully saturated rings. The minimum atomic E-state index is -0.150. The van der Waals surface area contributed by atoms with Gasteiger partial charge in [-0.15, -0.1) is 0 Å². The normalized spacial score (nSPS) is 17.6. The molecular weight excluding hydrogens is 424 g/mol. The van der Waals surface area contributed by atoms with E-state index in [2.05, 4.69) is 0 Å². The molecule has 0 unspecified atom stereocenters. The fourth-order valence-electron chi connectivity index (χ4n) is 4.04. The molecule has 0 N–H and O–H groups in total. The van der Waals surface area contributed by atoms with Crippen LogP contribution in [0.4, 0.5) is 0 Å². The first-order valence-corrected chi connectivity index (χ1v) is 11.0. The van der Waals surface area contributed by atoms with Gasteiger partial charge in [0.05, 0.1) is 39.6 Å². The summed E-state index contributed by atoms with van der Waals surface area (Å²) in [4.78, 5) is 26.2. The maximum atomic E-state index is 13.1. The molecule has 0 aromatic heterocycles. The predicted molar refractivity (Wildman–Crippen MR) is 121 cm³/mol. The van der Waals surface area contributed by atoms with Gasteiger partial charge in [-0.1, -0.05) is 24.3 Å². The van der Waals surface area contributed by atoms with E-state index in [0.717, 1.165) is 10.8 Å². The molecule has 3 aromatic carbocycles. The minimum Gasteiger partial charge on any atom is -0.487 e. The molecule has 0 saturated carbocycles. The van der Waals surface area contributed by atoms with Crippen LogP contribution in [0.5, 0.6) is 11.5 Å². The first-order valence-electron chi connectivity index (χ1n) is 11.0. The third-order valence-electron chi connectivity index (χ3n) is 5.66. The highest BCUT2D eigenvalue weighted by Gasteiger charge is 2.29. The molecule has 1 aliphatic carbocycles. The maximum absolute atomic E-state index is 13.1. The highest BCUT2D eigenvalue weighted by Crippen LogP contribution is 2.36. The van der Waals surface area contributed by atoms with Crippen molar-refractivity contribution in [3.8, 4) is 11.5 Å². The SMILES string of the molecule is O=C1c2ccccc2C(=O)c2cc3cc4c(cc3cc21)OCCOCCOCCOCCO4. The molecule has 7 heteroatoms. The largest absolute Gasteiger partial charge is 0.487 e. The standard InChI is InChI=1S/C26H24O7/c27-25-19-3-1-2-4-20(19)26(28)22-14-18-16-24-23(15-17(18)13-21(22)25)32-11-9-30-7-5-29-6-8-31-10-12-33-24/h1-4,13-16H,5-12H2. The van der Waals surface area contributed by atoms with E-state index >= 15 is 0 Å². The Hall–Kier alpha value is -3.26. The first-order chi connectivity index (χ1) is 16.2. The number of hydrogen-bond acceptors (Lipinski definition) is 7. The van der Waals surface area contributed by atoms with Gasteiger partial charge < -0.3 is 23.7 Å². The van der Waals surface area contributed by atoms with Crippen LogP contribution in [0.25, 0.3) is 10.8 Å². The molecule has 170 valence electrons. The van der Waals surface area contributed by atoms with Crippen molar-refractivity contribution in [1.82, 2.24) is 0 Å². The summed E-state index contributed by atoms with van der Waals surface area (Å²) in [6.07, 6.45) is 0. The topological polar surface area (TPSA) is 80.3 Å². The van der Waals surface area contributed by atoms with E-state index in [9.17, 15) is 9.59 Å². The smallest absolute Gasteiger partial charge is 0.194 e. The van der Waals surface area contributed by atoms with Gasteiger partial charge in [0.25, 0.3) is 0 Å². The molecule has 1 aliphatic heterocycles. The Morgan fingerprint density at radius 2 is 0.879 bits per heavy atom. The average molecular weight is 448 g/mol. The molecule has 1 heterocycles. The van der Waals surface area contributed by atoms with Crippen LogP contribution in [-0.2, 0) is 14.2 Å². The van der Waals surface area contributed by atoms with Gasteiger partial charge in [0.2, 0.25) is 0 Å². The summed E-state index contributed by atoms with van der Waals surface area (Å²) in [5.74, 6) is 0.797. The van der Waals surface area contributed by atoms with Crippen molar-refractivity contribution >= 4 is 22.3 Å². The van der Waals surface area contributed by atoms with Crippen LogP contribution < -0.4 is 9.47 Å². The molecule has 0 bridgehead atoms. The van der Waals surface area contributed by atoms with E-state index in [1.54, 1.807) is 36.4 Å². The van der Waals surface area contributed by atoms with Gasteiger partial charge in [-0.05, 0) is 35.0 Å². The molecule has 2 aliphatic rings. The van der Waals surface area contributed by atoms with Crippen molar-refractivity contribution in [2.24, 2.45) is 0 Å². The lowest BCUT2D eigenvalue weighted by atomic mass is 9.83. The molecule has 3 aromatic rings. The van der Waals surface area contributed by atoms with Gasteiger partial charge in [-0.3, -0.25) is 9.59 Å². The van der Waals surface area contributed by atoms with E-state index in [1.165, 1.54) is 0 Å². The van der Waals surface area contributed by atoms with E-state index in [1.807, 2.05) is 12.1 Å². The molecule has 0 radical (unpaired) electrons. The van der Waals surface area contributed by atoms with Crippen LogP contribution in [0.3, 0.4) is 0 Å². The second-order valence-corrected chi connectivity index (χ2v) is 7.78. The predicted octanol–water partition coefficient (Wildman–Crippen LogP) is 3.44. The highest BCUT2D eigenvalue weighted by molar-refractivity contribution is 6.29. The highest BCUT2D eigenvalue weighted by atomic mass is 16.6. The number of carbonyl (C=O) groups is 2. The van der Waals surface area contributed by atoms with Crippen LogP contribution in [0, 0.1) is 0 Å². The summed E-state index contributed by atoms with van der Waals surface area (Å²) in [6, 6.07) is 14.1. The van der Waals surface area contributed by atoms with Gasteiger partial charge >= 0.3 is 0 Å². The van der Waals surface area contributed by atoms with Crippen molar-refractivity contribution in [2.75, 3.05) is 52.9 Å². The third kappa shape index (κ3) is 4.48. The molecule has 7 nitrogen and oxygen atoms in total.